The Labute approximate surface area is 175 Å². The molecule has 0 radical (unpaired) electrons. The van der Waals surface area contributed by atoms with E-state index in [1.54, 1.807) is 30.3 Å². The molecule has 31 heavy (non-hydrogen) atoms. The molecule has 0 bridgehead atoms. The van der Waals surface area contributed by atoms with Crippen molar-refractivity contribution in [2.75, 3.05) is 4.83 Å². The van der Waals surface area contributed by atoms with E-state index in [0.717, 1.165) is 41.1 Å². The number of hydrogen-bond acceptors (Lipinski definition) is 5. The molecule has 1 aromatic heterocycles. The van der Waals surface area contributed by atoms with E-state index in [1.165, 1.54) is 6.07 Å². The Kier molecular flexibility index (Phi) is 4.99. The van der Waals surface area contributed by atoms with E-state index in [4.69, 9.17) is 5.11 Å². The SMILES string of the molecule is O=C(O)c1ccc(S(=O)(=O)Nn2c(-c3ccccc3)nc3ccc(F)cc3c2=O)cc1. The highest BCUT2D eigenvalue weighted by Gasteiger charge is 2.20. The van der Waals surface area contributed by atoms with Crippen LogP contribution in [0.1, 0.15) is 10.4 Å². The van der Waals surface area contributed by atoms with E-state index in [2.05, 4.69) is 9.82 Å². The maximum absolute atomic E-state index is 13.7. The van der Waals surface area contributed by atoms with E-state index in [-0.39, 0.29) is 27.2 Å². The van der Waals surface area contributed by atoms with Gasteiger partial charge in [-0.25, -0.2) is 19.0 Å². The third-order valence-electron chi connectivity index (χ3n) is 4.49. The van der Waals surface area contributed by atoms with Crippen LogP contribution >= 0.6 is 0 Å². The summed E-state index contributed by atoms with van der Waals surface area (Å²) in [5.41, 5.74) is -0.251. The van der Waals surface area contributed by atoms with Crippen molar-refractivity contribution in [2.45, 2.75) is 4.90 Å². The number of aromatic carboxylic acids is 1. The average molecular weight is 439 g/mol. The van der Waals surface area contributed by atoms with Gasteiger partial charge in [0.15, 0.2) is 5.82 Å². The van der Waals surface area contributed by atoms with E-state index in [0.29, 0.717) is 5.56 Å². The van der Waals surface area contributed by atoms with E-state index in [9.17, 15) is 22.4 Å². The van der Waals surface area contributed by atoms with E-state index in [1.807, 2.05) is 0 Å². The summed E-state index contributed by atoms with van der Waals surface area (Å²) >= 11 is 0. The lowest BCUT2D eigenvalue weighted by molar-refractivity contribution is 0.0696. The van der Waals surface area contributed by atoms with Gasteiger partial charge in [0, 0.05) is 5.56 Å². The van der Waals surface area contributed by atoms with Crippen LogP contribution in [0.25, 0.3) is 22.3 Å². The number of carboxylic acids is 1. The van der Waals surface area contributed by atoms with Gasteiger partial charge in [-0.05, 0) is 42.5 Å². The molecular formula is C21H14FN3O5S. The molecule has 4 rings (SSSR count). The molecule has 0 amide bonds. The third kappa shape index (κ3) is 3.88. The Hall–Kier alpha value is -4.05. The Morgan fingerprint density at radius 3 is 2.32 bits per heavy atom. The van der Waals surface area contributed by atoms with Gasteiger partial charge >= 0.3 is 5.97 Å². The van der Waals surface area contributed by atoms with Gasteiger partial charge in [-0.2, -0.15) is 13.1 Å². The predicted octanol–water partition coefficient (Wildman–Crippen LogP) is 2.83. The summed E-state index contributed by atoms with van der Waals surface area (Å²) in [6, 6.07) is 16.4. The molecule has 156 valence electrons. The number of fused-ring (bicyclic) bond motifs is 1. The fourth-order valence-electron chi connectivity index (χ4n) is 2.97. The van der Waals surface area contributed by atoms with Crippen LogP contribution < -0.4 is 10.4 Å². The van der Waals surface area contributed by atoms with Crippen LogP contribution in [0.4, 0.5) is 4.39 Å². The quantitative estimate of drug-likeness (QED) is 0.494. The standard InChI is InChI=1S/C21H14FN3O5S/c22-15-8-11-18-17(12-15)20(26)25(19(23-18)13-4-2-1-3-5-13)24-31(29,30)16-9-6-14(7-10-16)21(27)28/h1-12,24H,(H,27,28). The first-order valence-corrected chi connectivity index (χ1v) is 10.4. The lowest BCUT2D eigenvalue weighted by Crippen LogP contribution is -2.35. The fraction of sp³-hybridized carbons (Fsp3) is 0. The van der Waals surface area contributed by atoms with Gasteiger partial charge in [-0.1, -0.05) is 30.3 Å². The van der Waals surface area contributed by atoms with E-state index < -0.39 is 27.4 Å². The van der Waals surface area contributed by atoms with Crippen LogP contribution in [0.5, 0.6) is 0 Å². The molecule has 0 unspecified atom stereocenters. The average Bonchev–Trinajstić information content (AvgIpc) is 2.76. The summed E-state index contributed by atoms with van der Waals surface area (Å²) in [5, 5.41) is 8.88. The third-order valence-corrected chi connectivity index (χ3v) is 5.80. The van der Waals surface area contributed by atoms with Gasteiger partial charge in [-0.3, -0.25) is 4.79 Å². The van der Waals surface area contributed by atoms with Crippen LogP contribution in [-0.2, 0) is 10.0 Å². The predicted molar refractivity (Wildman–Crippen MR) is 111 cm³/mol. The number of rotatable bonds is 5. The smallest absolute Gasteiger partial charge is 0.335 e. The zero-order valence-corrected chi connectivity index (χ0v) is 16.5. The Balaban J connectivity index is 1.90. The largest absolute Gasteiger partial charge is 0.478 e. The van der Waals surface area contributed by atoms with Crippen LogP contribution in [0.2, 0.25) is 0 Å². The molecule has 2 N–H and O–H groups in total. The van der Waals surface area contributed by atoms with E-state index >= 15 is 0 Å². The summed E-state index contributed by atoms with van der Waals surface area (Å²) in [7, 11) is -4.30. The molecule has 0 aliphatic carbocycles. The number of sulfonamides is 1. The second-order valence-electron chi connectivity index (χ2n) is 6.53. The zero-order chi connectivity index (χ0) is 22.2. The van der Waals surface area contributed by atoms with Crippen LogP contribution in [-0.4, -0.2) is 29.2 Å². The van der Waals surface area contributed by atoms with Crippen molar-refractivity contribution in [3.8, 4) is 11.4 Å². The molecule has 4 aromatic rings. The topological polar surface area (TPSA) is 118 Å². The maximum Gasteiger partial charge on any atom is 0.335 e. The van der Waals surface area contributed by atoms with Crippen molar-refractivity contribution < 1.29 is 22.7 Å². The first kappa shape index (κ1) is 20.2. The van der Waals surface area contributed by atoms with Gasteiger partial charge in [-0.15, -0.1) is 0 Å². The van der Waals surface area contributed by atoms with Gasteiger partial charge in [0.2, 0.25) is 0 Å². The van der Waals surface area contributed by atoms with Crippen LogP contribution in [0.3, 0.4) is 0 Å². The number of carboxylic acid groups (broad SMARTS) is 1. The molecular weight excluding hydrogens is 425 g/mol. The zero-order valence-electron chi connectivity index (χ0n) is 15.7. The molecule has 1 heterocycles. The second kappa shape index (κ2) is 7.65. The van der Waals surface area contributed by atoms with Crippen molar-refractivity contribution in [3.05, 3.63) is 94.5 Å². The highest BCUT2D eigenvalue weighted by molar-refractivity contribution is 7.92. The van der Waals surface area contributed by atoms with Crippen molar-refractivity contribution >= 4 is 26.9 Å². The minimum Gasteiger partial charge on any atom is -0.478 e. The van der Waals surface area contributed by atoms with Crippen LogP contribution in [0.15, 0.2) is 82.5 Å². The summed E-state index contributed by atoms with van der Waals surface area (Å²) < 4.78 is 40.3. The lowest BCUT2D eigenvalue weighted by atomic mass is 10.2. The monoisotopic (exact) mass is 439 g/mol. The molecule has 0 saturated carbocycles. The molecule has 8 nitrogen and oxygen atoms in total. The summed E-state index contributed by atoms with van der Waals surface area (Å²) in [6.07, 6.45) is 0. The summed E-state index contributed by atoms with van der Waals surface area (Å²) in [5.74, 6) is -1.87. The Morgan fingerprint density at radius 2 is 1.68 bits per heavy atom. The lowest BCUT2D eigenvalue weighted by Gasteiger charge is -2.16. The molecule has 0 fully saturated rings. The molecule has 0 aliphatic rings. The molecule has 0 atom stereocenters. The molecule has 0 saturated heterocycles. The summed E-state index contributed by atoms with van der Waals surface area (Å²) in [6.45, 7) is 0. The normalized spacial score (nSPS) is 11.4. The van der Waals surface area contributed by atoms with Crippen molar-refractivity contribution in [2.24, 2.45) is 0 Å². The maximum atomic E-state index is 13.7. The number of benzene rings is 3. The number of carbonyl (C=O) groups is 1. The minimum atomic E-state index is -4.30. The number of halogens is 1. The van der Waals surface area contributed by atoms with Crippen LogP contribution in [0, 0.1) is 5.82 Å². The Bertz CT molecular complexity index is 1470. The molecule has 3 aromatic carbocycles. The first-order chi connectivity index (χ1) is 14.8. The highest BCUT2D eigenvalue weighted by atomic mass is 32.2. The van der Waals surface area contributed by atoms with Gasteiger partial charge in [0.1, 0.15) is 5.82 Å². The number of aromatic nitrogens is 2. The van der Waals surface area contributed by atoms with Crippen molar-refractivity contribution in [1.29, 1.82) is 0 Å². The molecule has 0 aliphatic heterocycles. The van der Waals surface area contributed by atoms with Gasteiger partial charge < -0.3 is 5.11 Å². The fourth-order valence-corrected chi connectivity index (χ4v) is 3.98. The highest BCUT2D eigenvalue weighted by Crippen LogP contribution is 2.20. The number of nitrogens with one attached hydrogen (secondary N) is 1. The van der Waals surface area contributed by atoms with Crippen molar-refractivity contribution in [3.63, 3.8) is 0 Å². The Morgan fingerprint density at radius 1 is 1.00 bits per heavy atom. The molecule has 10 heteroatoms. The molecule has 0 spiro atoms. The number of nitrogens with zero attached hydrogens (tertiary/aromatic N) is 2. The second-order valence-corrected chi connectivity index (χ2v) is 8.19. The van der Waals surface area contributed by atoms with Crippen molar-refractivity contribution in [1.82, 2.24) is 9.66 Å². The van der Waals surface area contributed by atoms with Gasteiger partial charge in [0.25, 0.3) is 15.6 Å². The number of hydrogen-bond donors (Lipinski definition) is 2. The van der Waals surface area contributed by atoms with Gasteiger partial charge in [0.05, 0.1) is 21.4 Å². The summed E-state index contributed by atoms with van der Waals surface area (Å²) in [4.78, 5) is 30.3. The minimum absolute atomic E-state index is 0.00967. The first-order valence-electron chi connectivity index (χ1n) is 8.90.